The van der Waals surface area contributed by atoms with Crippen LogP contribution < -0.4 is 5.32 Å². The van der Waals surface area contributed by atoms with E-state index in [0.717, 1.165) is 25.2 Å². The molecule has 0 bridgehead atoms. The quantitative estimate of drug-likeness (QED) is 0.926. The molecule has 0 unspecified atom stereocenters. The topological polar surface area (TPSA) is 52.7 Å². The van der Waals surface area contributed by atoms with E-state index >= 15 is 0 Å². The highest BCUT2D eigenvalue weighted by Crippen LogP contribution is 2.31. The van der Waals surface area contributed by atoms with Crippen molar-refractivity contribution in [3.63, 3.8) is 0 Å². The van der Waals surface area contributed by atoms with Gasteiger partial charge in [-0.3, -0.25) is 9.59 Å². The zero-order valence-electron chi connectivity index (χ0n) is 13.8. The second kappa shape index (κ2) is 6.60. The first-order valence-electron chi connectivity index (χ1n) is 8.55. The van der Waals surface area contributed by atoms with Crippen LogP contribution in [0.15, 0.2) is 30.3 Å². The van der Waals surface area contributed by atoms with Crippen molar-refractivity contribution >= 4 is 17.5 Å². The van der Waals surface area contributed by atoms with E-state index < -0.39 is 5.54 Å². The molecular weight excluding hydrogens is 290 g/mol. The van der Waals surface area contributed by atoms with Gasteiger partial charge in [0.2, 0.25) is 11.8 Å². The van der Waals surface area contributed by atoms with Gasteiger partial charge < -0.3 is 15.1 Å². The van der Waals surface area contributed by atoms with E-state index in [0.29, 0.717) is 32.4 Å². The molecule has 5 nitrogen and oxygen atoms in total. The predicted molar refractivity (Wildman–Crippen MR) is 90.1 cm³/mol. The Morgan fingerprint density at radius 1 is 1.04 bits per heavy atom. The number of benzene rings is 1. The highest BCUT2D eigenvalue weighted by Gasteiger charge is 2.45. The number of hydrogen-bond acceptors (Lipinski definition) is 3. The van der Waals surface area contributed by atoms with Crippen LogP contribution in [0.3, 0.4) is 0 Å². The highest BCUT2D eigenvalue weighted by atomic mass is 16.2. The smallest absolute Gasteiger partial charge is 0.248 e. The summed E-state index contributed by atoms with van der Waals surface area (Å²) in [5, 5.41) is 3.49. The zero-order valence-corrected chi connectivity index (χ0v) is 13.8. The second-order valence-corrected chi connectivity index (χ2v) is 6.45. The van der Waals surface area contributed by atoms with E-state index in [1.54, 1.807) is 0 Å². The molecule has 0 aliphatic carbocycles. The lowest BCUT2D eigenvalue weighted by atomic mass is 9.84. The summed E-state index contributed by atoms with van der Waals surface area (Å²) in [5.41, 5.74) is 0.392. The molecule has 5 heteroatoms. The summed E-state index contributed by atoms with van der Waals surface area (Å²) in [6, 6.07) is 9.90. The van der Waals surface area contributed by atoms with Crippen LogP contribution in [0.2, 0.25) is 0 Å². The SMILES string of the molecule is CCC(=O)N1CCC(Nc2ccccc2)(C(=O)N2CCC2)CC1. The Hall–Kier alpha value is -2.04. The van der Waals surface area contributed by atoms with E-state index in [2.05, 4.69) is 5.32 Å². The summed E-state index contributed by atoms with van der Waals surface area (Å²) in [5.74, 6) is 0.367. The first-order chi connectivity index (χ1) is 11.1. The normalized spacial score (nSPS) is 19.9. The van der Waals surface area contributed by atoms with Gasteiger partial charge >= 0.3 is 0 Å². The number of anilines is 1. The molecule has 2 amide bonds. The standard InChI is InChI=1S/C18H25N3O2/c1-2-16(22)20-13-9-18(10-14-20,17(23)21-11-6-12-21)19-15-7-4-3-5-8-15/h3-5,7-8,19H,2,6,9-14H2,1H3. The van der Waals surface area contributed by atoms with Crippen molar-refractivity contribution < 1.29 is 9.59 Å². The average Bonchev–Trinajstić information content (AvgIpc) is 2.54. The van der Waals surface area contributed by atoms with Crippen molar-refractivity contribution in [1.29, 1.82) is 0 Å². The van der Waals surface area contributed by atoms with Gasteiger partial charge in [0.05, 0.1) is 0 Å². The van der Waals surface area contributed by atoms with E-state index in [1.807, 2.05) is 47.1 Å². The van der Waals surface area contributed by atoms with Gasteiger partial charge in [0.25, 0.3) is 0 Å². The van der Waals surface area contributed by atoms with Gasteiger partial charge in [0.1, 0.15) is 5.54 Å². The van der Waals surface area contributed by atoms with Crippen molar-refractivity contribution in [3.05, 3.63) is 30.3 Å². The number of para-hydroxylation sites is 1. The van der Waals surface area contributed by atoms with Crippen LogP contribution >= 0.6 is 0 Å². The van der Waals surface area contributed by atoms with Gasteiger partial charge in [0.15, 0.2) is 0 Å². The van der Waals surface area contributed by atoms with Crippen LogP contribution in [0, 0.1) is 0 Å². The maximum absolute atomic E-state index is 13.0. The summed E-state index contributed by atoms with van der Waals surface area (Å²) in [7, 11) is 0. The highest BCUT2D eigenvalue weighted by molar-refractivity contribution is 5.90. The molecule has 1 aromatic rings. The minimum absolute atomic E-state index is 0.176. The van der Waals surface area contributed by atoms with Crippen LogP contribution in [0.4, 0.5) is 5.69 Å². The molecule has 2 saturated heterocycles. The number of nitrogens with one attached hydrogen (secondary N) is 1. The Morgan fingerprint density at radius 3 is 2.22 bits per heavy atom. The van der Waals surface area contributed by atoms with Crippen molar-refractivity contribution in [3.8, 4) is 0 Å². The van der Waals surface area contributed by atoms with Gasteiger partial charge in [-0.25, -0.2) is 0 Å². The number of likely N-dealkylation sites (tertiary alicyclic amines) is 2. The lowest BCUT2D eigenvalue weighted by Gasteiger charge is -2.46. The largest absolute Gasteiger partial charge is 0.371 e. The molecule has 1 N–H and O–H groups in total. The number of hydrogen-bond donors (Lipinski definition) is 1. The number of nitrogens with zero attached hydrogens (tertiary/aromatic N) is 2. The Bertz CT molecular complexity index is 561. The number of rotatable bonds is 4. The first-order valence-corrected chi connectivity index (χ1v) is 8.55. The van der Waals surface area contributed by atoms with Crippen molar-refractivity contribution in [2.45, 2.75) is 38.1 Å². The van der Waals surface area contributed by atoms with Crippen molar-refractivity contribution in [2.24, 2.45) is 0 Å². The molecule has 0 aromatic heterocycles. The van der Waals surface area contributed by atoms with E-state index in [1.165, 1.54) is 0 Å². The minimum atomic E-state index is -0.577. The van der Waals surface area contributed by atoms with Crippen LogP contribution in [0.5, 0.6) is 0 Å². The Kier molecular flexibility index (Phi) is 4.55. The molecule has 124 valence electrons. The van der Waals surface area contributed by atoms with Crippen LogP contribution in [0.1, 0.15) is 32.6 Å². The van der Waals surface area contributed by atoms with Crippen LogP contribution in [-0.2, 0) is 9.59 Å². The number of amides is 2. The Morgan fingerprint density at radius 2 is 1.70 bits per heavy atom. The fraction of sp³-hybridized carbons (Fsp3) is 0.556. The molecule has 2 aliphatic rings. The average molecular weight is 315 g/mol. The van der Waals surface area contributed by atoms with Crippen molar-refractivity contribution in [1.82, 2.24) is 9.80 Å². The number of piperidine rings is 1. The van der Waals surface area contributed by atoms with Gasteiger partial charge in [-0.1, -0.05) is 25.1 Å². The molecule has 2 aliphatic heterocycles. The Balaban J connectivity index is 1.77. The van der Waals surface area contributed by atoms with Gasteiger partial charge in [-0.15, -0.1) is 0 Å². The molecule has 1 aromatic carbocycles. The molecular formula is C18H25N3O2. The summed E-state index contributed by atoms with van der Waals surface area (Å²) in [6.07, 6.45) is 2.96. The summed E-state index contributed by atoms with van der Waals surface area (Å²) < 4.78 is 0. The zero-order chi connectivity index (χ0) is 16.3. The van der Waals surface area contributed by atoms with Crippen molar-refractivity contribution in [2.75, 3.05) is 31.5 Å². The van der Waals surface area contributed by atoms with E-state index in [4.69, 9.17) is 0 Å². The molecule has 0 saturated carbocycles. The monoisotopic (exact) mass is 315 g/mol. The summed E-state index contributed by atoms with van der Waals surface area (Å²) >= 11 is 0. The third-order valence-electron chi connectivity index (χ3n) is 4.98. The fourth-order valence-electron chi connectivity index (χ4n) is 3.37. The predicted octanol–water partition coefficient (Wildman–Crippen LogP) is 2.10. The van der Waals surface area contributed by atoms with Crippen LogP contribution in [-0.4, -0.2) is 53.3 Å². The maximum atomic E-state index is 13.0. The summed E-state index contributed by atoms with van der Waals surface area (Å²) in [6.45, 7) is 4.89. The van der Waals surface area contributed by atoms with Gasteiger partial charge in [-0.05, 0) is 31.4 Å². The van der Waals surface area contributed by atoms with E-state index in [9.17, 15) is 9.59 Å². The Labute approximate surface area is 137 Å². The molecule has 2 fully saturated rings. The minimum Gasteiger partial charge on any atom is -0.371 e. The second-order valence-electron chi connectivity index (χ2n) is 6.45. The maximum Gasteiger partial charge on any atom is 0.248 e. The lowest BCUT2D eigenvalue weighted by Crippen LogP contribution is -2.62. The molecule has 0 atom stereocenters. The number of carbonyl (C=O) groups is 2. The molecule has 0 radical (unpaired) electrons. The molecule has 2 heterocycles. The molecule has 0 spiro atoms. The molecule has 3 rings (SSSR count). The summed E-state index contributed by atoms with van der Waals surface area (Å²) in [4.78, 5) is 28.8. The number of carbonyl (C=O) groups excluding carboxylic acids is 2. The lowest BCUT2D eigenvalue weighted by molar-refractivity contribution is -0.144. The third-order valence-corrected chi connectivity index (χ3v) is 4.98. The van der Waals surface area contributed by atoms with Gasteiger partial charge in [0, 0.05) is 38.3 Å². The van der Waals surface area contributed by atoms with E-state index in [-0.39, 0.29) is 11.8 Å². The first kappa shape index (κ1) is 15.8. The fourth-order valence-corrected chi connectivity index (χ4v) is 3.37. The van der Waals surface area contributed by atoms with Gasteiger partial charge in [-0.2, -0.15) is 0 Å². The van der Waals surface area contributed by atoms with Crippen LogP contribution in [0.25, 0.3) is 0 Å². The third kappa shape index (κ3) is 3.19. The molecule has 23 heavy (non-hydrogen) atoms.